The van der Waals surface area contributed by atoms with Crippen LogP contribution < -0.4 is 5.73 Å². The normalized spacial score (nSPS) is 18.0. The number of aryl methyl sites for hydroxylation is 1. The minimum absolute atomic E-state index is 0.391. The van der Waals surface area contributed by atoms with Crippen LogP contribution in [0.5, 0.6) is 0 Å². The third-order valence-electron chi connectivity index (χ3n) is 4.28. The number of nitrogen functional groups attached to an aromatic ring is 1. The second-order valence-corrected chi connectivity index (χ2v) is 6.69. The van der Waals surface area contributed by atoms with Gasteiger partial charge in [-0.05, 0) is 25.3 Å². The van der Waals surface area contributed by atoms with E-state index in [-0.39, 0.29) is 0 Å². The van der Waals surface area contributed by atoms with E-state index in [1.807, 2.05) is 6.07 Å². The molecule has 0 aliphatic heterocycles. The van der Waals surface area contributed by atoms with Crippen LogP contribution in [0.4, 0.5) is 5.00 Å². The van der Waals surface area contributed by atoms with E-state index < -0.39 is 5.60 Å². The number of aromatic nitrogens is 2. The van der Waals surface area contributed by atoms with Gasteiger partial charge in [-0.25, -0.2) is 0 Å². The van der Waals surface area contributed by atoms with Crippen molar-refractivity contribution in [3.63, 3.8) is 0 Å². The summed E-state index contributed by atoms with van der Waals surface area (Å²) in [4.78, 5) is 5.80. The highest BCUT2D eigenvalue weighted by Crippen LogP contribution is 2.40. The van der Waals surface area contributed by atoms with E-state index in [4.69, 9.17) is 15.0 Å². The van der Waals surface area contributed by atoms with E-state index in [1.165, 1.54) is 11.3 Å². The Morgan fingerprint density at radius 2 is 2.14 bits per heavy atom. The van der Waals surface area contributed by atoms with Crippen molar-refractivity contribution in [2.24, 2.45) is 0 Å². The molecule has 21 heavy (non-hydrogen) atoms. The van der Waals surface area contributed by atoms with Crippen molar-refractivity contribution in [3.05, 3.63) is 16.8 Å². The van der Waals surface area contributed by atoms with E-state index >= 15 is 0 Å². The Labute approximate surface area is 128 Å². The van der Waals surface area contributed by atoms with Gasteiger partial charge in [0.2, 0.25) is 5.82 Å². The zero-order valence-electron chi connectivity index (χ0n) is 12.5. The van der Waals surface area contributed by atoms with Gasteiger partial charge in [-0.15, -0.1) is 11.3 Å². The summed E-state index contributed by atoms with van der Waals surface area (Å²) < 4.78 is 11.2. The number of thiophene rings is 1. The number of nitrogens with two attached hydrogens (primary N) is 1. The van der Waals surface area contributed by atoms with Crippen LogP contribution >= 0.6 is 11.3 Å². The summed E-state index contributed by atoms with van der Waals surface area (Å²) in [6.45, 7) is 2.11. The second kappa shape index (κ2) is 5.77. The molecule has 0 unspecified atom stereocenters. The predicted octanol–water partition coefficient (Wildman–Crippen LogP) is 3.75. The van der Waals surface area contributed by atoms with Crippen LogP contribution in [0.2, 0.25) is 0 Å². The average molecular weight is 307 g/mol. The first-order valence-electron chi connectivity index (χ1n) is 7.46. The number of nitrogens with zero attached hydrogens (tertiary/aromatic N) is 2. The smallest absolute Gasteiger partial charge is 0.261 e. The van der Waals surface area contributed by atoms with Crippen molar-refractivity contribution < 1.29 is 9.26 Å². The van der Waals surface area contributed by atoms with E-state index in [9.17, 15) is 0 Å². The van der Waals surface area contributed by atoms with Gasteiger partial charge in [-0.2, -0.15) is 4.98 Å². The van der Waals surface area contributed by atoms with Gasteiger partial charge in [0, 0.05) is 12.0 Å². The van der Waals surface area contributed by atoms with Crippen molar-refractivity contribution in [2.75, 3.05) is 12.8 Å². The second-order valence-electron chi connectivity index (χ2n) is 5.53. The highest BCUT2D eigenvalue weighted by atomic mass is 32.1. The molecule has 0 atom stereocenters. The summed E-state index contributed by atoms with van der Waals surface area (Å²) in [7, 11) is 1.73. The first kappa shape index (κ1) is 14.5. The van der Waals surface area contributed by atoms with Gasteiger partial charge in [0.25, 0.3) is 5.89 Å². The highest BCUT2D eigenvalue weighted by molar-refractivity contribution is 7.16. The molecule has 2 aromatic heterocycles. The summed E-state index contributed by atoms with van der Waals surface area (Å²) in [6.07, 6.45) is 6.37. The Balaban J connectivity index is 1.93. The van der Waals surface area contributed by atoms with Gasteiger partial charge in [-0.3, -0.25) is 0 Å². The number of methoxy groups -OCH3 is 1. The van der Waals surface area contributed by atoms with Crippen molar-refractivity contribution in [2.45, 2.75) is 51.0 Å². The monoisotopic (exact) mass is 307 g/mol. The number of hydrogen-bond acceptors (Lipinski definition) is 6. The molecule has 0 saturated heterocycles. The Morgan fingerprint density at radius 1 is 1.38 bits per heavy atom. The van der Waals surface area contributed by atoms with Gasteiger partial charge in [0.15, 0.2) is 0 Å². The zero-order valence-corrected chi connectivity index (χ0v) is 13.3. The number of ether oxygens (including phenoxy) is 1. The SMILES string of the molecule is CCc1cc(-c2nc(C3(OC)CCCCC3)no2)c(N)s1. The maximum absolute atomic E-state index is 6.06. The summed E-state index contributed by atoms with van der Waals surface area (Å²) in [6, 6.07) is 2.04. The minimum Gasteiger partial charge on any atom is -0.390 e. The Hall–Kier alpha value is -1.40. The maximum atomic E-state index is 6.06. The molecule has 6 heteroatoms. The van der Waals surface area contributed by atoms with Crippen molar-refractivity contribution in [3.8, 4) is 11.5 Å². The third-order valence-corrected chi connectivity index (χ3v) is 5.38. The molecule has 1 fully saturated rings. The lowest BCUT2D eigenvalue weighted by molar-refractivity contribution is -0.0527. The third kappa shape index (κ3) is 2.58. The molecule has 114 valence electrons. The fourth-order valence-corrected chi connectivity index (χ4v) is 3.82. The van der Waals surface area contributed by atoms with E-state index in [1.54, 1.807) is 18.4 Å². The fraction of sp³-hybridized carbons (Fsp3) is 0.600. The molecule has 0 bridgehead atoms. The molecule has 3 rings (SSSR count). The molecule has 2 aromatic rings. The van der Waals surface area contributed by atoms with Crippen LogP contribution in [0.1, 0.15) is 49.7 Å². The summed E-state index contributed by atoms with van der Waals surface area (Å²) in [5.74, 6) is 1.16. The van der Waals surface area contributed by atoms with Gasteiger partial charge in [0.05, 0.1) is 10.6 Å². The Bertz CT molecular complexity index is 614. The molecule has 0 radical (unpaired) electrons. The van der Waals surface area contributed by atoms with Gasteiger partial charge in [-0.1, -0.05) is 31.3 Å². The topological polar surface area (TPSA) is 74.2 Å². The molecule has 1 saturated carbocycles. The first-order chi connectivity index (χ1) is 10.2. The Kier molecular flexibility index (Phi) is 3.99. The lowest BCUT2D eigenvalue weighted by atomic mass is 9.84. The first-order valence-corrected chi connectivity index (χ1v) is 8.28. The zero-order chi connectivity index (χ0) is 14.9. The van der Waals surface area contributed by atoms with Crippen molar-refractivity contribution >= 4 is 16.3 Å². The minimum atomic E-state index is -0.391. The molecule has 1 aliphatic carbocycles. The fourth-order valence-electron chi connectivity index (χ4n) is 2.96. The van der Waals surface area contributed by atoms with Crippen LogP contribution in [-0.2, 0) is 16.8 Å². The molecule has 0 aromatic carbocycles. The molecule has 1 aliphatic rings. The summed E-state index contributed by atoms with van der Waals surface area (Å²) in [5.41, 5.74) is 6.52. The molecule has 2 N–H and O–H groups in total. The quantitative estimate of drug-likeness (QED) is 0.931. The molecule has 5 nitrogen and oxygen atoms in total. The summed E-state index contributed by atoms with van der Waals surface area (Å²) in [5, 5.41) is 4.91. The van der Waals surface area contributed by atoms with E-state index in [2.05, 4.69) is 17.1 Å². The molecule has 0 spiro atoms. The van der Waals surface area contributed by atoms with Gasteiger partial charge in [0.1, 0.15) is 5.60 Å². The molecule has 2 heterocycles. The van der Waals surface area contributed by atoms with Crippen LogP contribution in [0, 0.1) is 0 Å². The van der Waals surface area contributed by atoms with Crippen LogP contribution in [-0.4, -0.2) is 17.3 Å². The average Bonchev–Trinajstić information content (AvgIpc) is 3.14. The van der Waals surface area contributed by atoms with E-state index in [0.29, 0.717) is 11.7 Å². The van der Waals surface area contributed by atoms with Gasteiger partial charge >= 0.3 is 0 Å². The largest absolute Gasteiger partial charge is 0.390 e. The lowest BCUT2D eigenvalue weighted by Gasteiger charge is -2.32. The maximum Gasteiger partial charge on any atom is 0.261 e. The number of hydrogen-bond donors (Lipinski definition) is 1. The van der Waals surface area contributed by atoms with Crippen molar-refractivity contribution in [1.82, 2.24) is 10.1 Å². The highest BCUT2D eigenvalue weighted by Gasteiger charge is 2.38. The van der Waals surface area contributed by atoms with E-state index in [0.717, 1.165) is 42.7 Å². The predicted molar refractivity (Wildman–Crippen MR) is 83.2 cm³/mol. The lowest BCUT2D eigenvalue weighted by Crippen LogP contribution is -2.32. The molecule has 0 amide bonds. The van der Waals surface area contributed by atoms with Gasteiger partial charge < -0.3 is 15.0 Å². The van der Waals surface area contributed by atoms with Crippen molar-refractivity contribution in [1.29, 1.82) is 0 Å². The van der Waals surface area contributed by atoms with Crippen LogP contribution in [0.3, 0.4) is 0 Å². The number of rotatable bonds is 4. The van der Waals surface area contributed by atoms with Crippen LogP contribution in [0.15, 0.2) is 10.6 Å². The van der Waals surface area contributed by atoms with Crippen LogP contribution in [0.25, 0.3) is 11.5 Å². The number of anilines is 1. The standard InChI is InChI=1S/C15H21N3O2S/c1-3-10-9-11(12(16)21-10)13-17-14(18-20-13)15(19-2)7-5-4-6-8-15/h9H,3-8,16H2,1-2H3. The summed E-state index contributed by atoms with van der Waals surface area (Å²) >= 11 is 1.58. The molecular weight excluding hydrogens is 286 g/mol. The molecular formula is C15H21N3O2S. The Morgan fingerprint density at radius 3 is 2.76 bits per heavy atom.